The molecule has 2 fully saturated rings. The number of aromatic nitrogens is 2. The first-order chi connectivity index (χ1) is 11.5. The zero-order valence-corrected chi connectivity index (χ0v) is 14.6. The molecule has 0 spiro atoms. The van der Waals surface area contributed by atoms with Crippen LogP contribution in [0.5, 0.6) is 0 Å². The van der Waals surface area contributed by atoms with Gasteiger partial charge in [-0.15, -0.1) is 0 Å². The maximum absolute atomic E-state index is 12.3. The van der Waals surface area contributed by atoms with Crippen molar-refractivity contribution in [2.75, 3.05) is 32.7 Å². The van der Waals surface area contributed by atoms with Crippen LogP contribution in [0.15, 0.2) is 6.07 Å². The van der Waals surface area contributed by atoms with Gasteiger partial charge in [-0.25, -0.2) is 0 Å². The summed E-state index contributed by atoms with van der Waals surface area (Å²) in [5, 5.41) is 7.29. The van der Waals surface area contributed by atoms with Gasteiger partial charge in [0.05, 0.1) is 6.54 Å². The Bertz CT molecular complexity index is 587. The van der Waals surface area contributed by atoms with Gasteiger partial charge in [0.15, 0.2) is 0 Å². The van der Waals surface area contributed by atoms with Gasteiger partial charge < -0.3 is 10.2 Å². The summed E-state index contributed by atoms with van der Waals surface area (Å²) in [5.74, 6) is 0.0937. The Labute approximate surface area is 143 Å². The molecule has 132 valence electrons. The van der Waals surface area contributed by atoms with Crippen LogP contribution in [0.1, 0.15) is 41.9 Å². The molecule has 3 heterocycles. The van der Waals surface area contributed by atoms with E-state index in [1.165, 1.54) is 0 Å². The average Bonchev–Trinajstić information content (AvgIpc) is 3.18. The number of aryl methyl sites for hydroxylation is 2. The molecule has 7 nitrogen and oxygen atoms in total. The van der Waals surface area contributed by atoms with E-state index in [2.05, 4.69) is 15.3 Å². The highest BCUT2D eigenvalue weighted by molar-refractivity contribution is 5.92. The van der Waals surface area contributed by atoms with Gasteiger partial charge in [0, 0.05) is 38.4 Å². The minimum absolute atomic E-state index is 0.0833. The largest absolute Gasteiger partial charge is 0.347 e. The number of carbonyl (C=O) groups excluding carboxylic acids is 2. The van der Waals surface area contributed by atoms with E-state index in [-0.39, 0.29) is 17.9 Å². The Kier molecular flexibility index (Phi) is 5.18. The quantitative estimate of drug-likeness (QED) is 0.873. The minimum Gasteiger partial charge on any atom is -0.347 e. The monoisotopic (exact) mass is 333 g/mol. The second kappa shape index (κ2) is 7.34. The number of carbonyl (C=O) groups is 2. The van der Waals surface area contributed by atoms with Gasteiger partial charge in [-0.1, -0.05) is 0 Å². The van der Waals surface area contributed by atoms with Crippen LogP contribution in [0.4, 0.5) is 0 Å². The van der Waals surface area contributed by atoms with Crippen LogP contribution in [0.2, 0.25) is 0 Å². The van der Waals surface area contributed by atoms with Gasteiger partial charge >= 0.3 is 0 Å². The van der Waals surface area contributed by atoms with E-state index in [1.807, 2.05) is 18.9 Å². The summed E-state index contributed by atoms with van der Waals surface area (Å²) < 4.78 is 1.71. The van der Waals surface area contributed by atoms with Crippen molar-refractivity contribution in [3.05, 3.63) is 17.5 Å². The molecule has 1 atom stereocenters. The Morgan fingerprint density at radius 3 is 2.67 bits per heavy atom. The number of nitrogens with zero attached hydrogens (tertiary/aromatic N) is 4. The molecule has 2 saturated heterocycles. The topological polar surface area (TPSA) is 70.5 Å². The number of rotatable bonds is 4. The van der Waals surface area contributed by atoms with Crippen LogP contribution in [0, 0.1) is 6.92 Å². The zero-order chi connectivity index (χ0) is 17.1. The van der Waals surface area contributed by atoms with Gasteiger partial charge in [-0.05, 0) is 45.2 Å². The maximum Gasteiger partial charge on any atom is 0.272 e. The molecule has 0 bridgehead atoms. The first kappa shape index (κ1) is 17.0. The fourth-order valence-corrected chi connectivity index (χ4v) is 3.51. The van der Waals surface area contributed by atoms with E-state index in [9.17, 15) is 9.59 Å². The molecular weight excluding hydrogens is 306 g/mol. The average molecular weight is 333 g/mol. The van der Waals surface area contributed by atoms with Crippen LogP contribution < -0.4 is 5.32 Å². The molecule has 0 aliphatic carbocycles. The second-order valence-corrected chi connectivity index (χ2v) is 6.93. The number of likely N-dealkylation sites (tertiary alicyclic amines) is 2. The lowest BCUT2D eigenvalue weighted by Crippen LogP contribution is -2.50. The third-order valence-electron chi connectivity index (χ3n) is 5.00. The number of piperidine rings is 1. The second-order valence-electron chi connectivity index (χ2n) is 6.93. The molecule has 1 aromatic heterocycles. The third kappa shape index (κ3) is 3.95. The summed E-state index contributed by atoms with van der Waals surface area (Å²) in [6, 6.07) is 1.88. The van der Waals surface area contributed by atoms with Gasteiger partial charge in [0.2, 0.25) is 5.91 Å². The van der Waals surface area contributed by atoms with Crippen molar-refractivity contribution in [2.24, 2.45) is 7.05 Å². The van der Waals surface area contributed by atoms with E-state index < -0.39 is 0 Å². The van der Waals surface area contributed by atoms with E-state index in [1.54, 1.807) is 10.7 Å². The summed E-state index contributed by atoms with van der Waals surface area (Å²) in [7, 11) is 1.83. The molecule has 0 saturated carbocycles. The maximum atomic E-state index is 12.3. The lowest BCUT2D eigenvalue weighted by Gasteiger charge is -2.33. The first-order valence-electron chi connectivity index (χ1n) is 8.84. The van der Waals surface area contributed by atoms with Crippen LogP contribution in [0.25, 0.3) is 0 Å². The molecule has 2 amide bonds. The van der Waals surface area contributed by atoms with Crippen molar-refractivity contribution in [1.29, 1.82) is 0 Å². The van der Waals surface area contributed by atoms with Crippen LogP contribution >= 0.6 is 0 Å². The van der Waals surface area contributed by atoms with E-state index in [0.29, 0.717) is 12.2 Å². The SMILES string of the molecule is Cc1cc(C(=O)NC2CCCN(CC(=O)N3CCCC3)C2)nn1C. The highest BCUT2D eigenvalue weighted by atomic mass is 16.2. The number of amides is 2. The molecule has 2 aliphatic heterocycles. The highest BCUT2D eigenvalue weighted by Crippen LogP contribution is 2.13. The van der Waals surface area contributed by atoms with Crippen LogP contribution in [0.3, 0.4) is 0 Å². The Hall–Kier alpha value is -1.89. The molecule has 1 unspecified atom stereocenters. The molecule has 0 radical (unpaired) electrons. The van der Waals surface area contributed by atoms with Crippen molar-refractivity contribution in [2.45, 2.75) is 38.6 Å². The summed E-state index contributed by atoms with van der Waals surface area (Å²) in [4.78, 5) is 28.7. The first-order valence-corrected chi connectivity index (χ1v) is 8.84. The standard InChI is InChI=1S/C17H27N5O2/c1-13-10-15(19-20(13)2)17(24)18-14-6-5-7-21(11-14)12-16(23)22-8-3-4-9-22/h10,14H,3-9,11-12H2,1-2H3,(H,18,24). The van der Waals surface area contributed by atoms with Crippen LogP contribution in [-0.4, -0.2) is 70.2 Å². The fourth-order valence-electron chi connectivity index (χ4n) is 3.51. The molecule has 0 aromatic carbocycles. The van der Waals surface area contributed by atoms with Crippen molar-refractivity contribution >= 4 is 11.8 Å². The summed E-state index contributed by atoms with van der Waals surface area (Å²) in [5.41, 5.74) is 1.42. The van der Waals surface area contributed by atoms with E-state index in [0.717, 1.165) is 57.6 Å². The molecular formula is C17H27N5O2. The predicted octanol–water partition coefficient (Wildman–Crippen LogP) is 0.545. The summed E-state index contributed by atoms with van der Waals surface area (Å²) in [6.07, 6.45) is 4.19. The third-order valence-corrected chi connectivity index (χ3v) is 5.00. The number of nitrogens with one attached hydrogen (secondary N) is 1. The van der Waals surface area contributed by atoms with Crippen molar-refractivity contribution in [3.8, 4) is 0 Å². The number of hydrogen-bond donors (Lipinski definition) is 1. The van der Waals surface area contributed by atoms with Gasteiger partial charge in [0.25, 0.3) is 5.91 Å². The fraction of sp³-hybridized carbons (Fsp3) is 0.706. The molecule has 1 N–H and O–H groups in total. The molecule has 3 rings (SSSR count). The van der Waals surface area contributed by atoms with Gasteiger partial charge in [-0.2, -0.15) is 5.10 Å². The van der Waals surface area contributed by atoms with Crippen molar-refractivity contribution in [1.82, 2.24) is 24.9 Å². The normalized spacial score (nSPS) is 21.9. The molecule has 7 heteroatoms. The van der Waals surface area contributed by atoms with Crippen molar-refractivity contribution in [3.63, 3.8) is 0 Å². The summed E-state index contributed by atoms with van der Waals surface area (Å²) >= 11 is 0. The number of hydrogen-bond acceptors (Lipinski definition) is 4. The van der Waals surface area contributed by atoms with Crippen LogP contribution in [-0.2, 0) is 11.8 Å². The predicted molar refractivity (Wildman–Crippen MR) is 90.7 cm³/mol. The van der Waals surface area contributed by atoms with Gasteiger partial charge in [0.1, 0.15) is 5.69 Å². The zero-order valence-electron chi connectivity index (χ0n) is 14.6. The van der Waals surface area contributed by atoms with E-state index >= 15 is 0 Å². The molecule has 24 heavy (non-hydrogen) atoms. The van der Waals surface area contributed by atoms with Crippen molar-refractivity contribution < 1.29 is 9.59 Å². The molecule has 2 aliphatic rings. The summed E-state index contributed by atoms with van der Waals surface area (Å²) in [6.45, 7) is 5.84. The van der Waals surface area contributed by atoms with E-state index in [4.69, 9.17) is 0 Å². The Morgan fingerprint density at radius 1 is 1.25 bits per heavy atom. The highest BCUT2D eigenvalue weighted by Gasteiger charge is 2.26. The van der Waals surface area contributed by atoms with Gasteiger partial charge in [-0.3, -0.25) is 19.2 Å². The minimum atomic E-state index is -0.128. The molecule has 1 aromatic rings. The Morgan fingerprint density at radius 2 is 2.00 bits per heavy atom. The smallest absolute Gasteiger partial charge is 0.272 e. The Balaban J connectivity index is 1.51. The lowest BCUT2D eigenvalue weighted by atomic mass is 10.1. The lowest BCUT2D eigenvalue weighted by molar-refractivity contribution is -0.131.